The molecule has 3 fully saturated rings. The number of carbonyl (C=O) groups is 2. The van der Waals surface area contributed by atoms with Crippen LogP contribution in [0.2, 0.25) is 10.0 Å². The maximum Gasteiger partial charge on any atom is 0.318 e. The van der Waals surface area contributed by atoms with Crippen LogP contribution in [-0.4, -0.2) is 85.1 Å². The molecule has 216 valence electrons. The number of urea groups is 1. The van der Waals surface area contributed by atoms with E-state index in [1.54, 1.807) is 4.90 Å². The second-order valence-electron chi connectivity index (χ2n) is 11.4. The first-order valence-electron chi connectivity index (χ1n) is 14.6. The monoisotopic (exact) mass is 586 g/mol. The van der Waals surface area contributed by atoms with Crippen molar-refractivity contribution in [1.82, 2.24) is 20.0 Å². The minimum absolute atomic E-state index is 0.0298. The molecule has 7 nitrogen and oxygen atoms in total. The van der Waals surface area contributed by atoms with Gasteiger partial charge in [-0.3, -0.25) is 4.79 Å². The van der Waals surface area contributed by atoms with E-state index in [-0.39, 0.29) is 17.9 Å². The summed E-state index contributed by atoms with van der Waals surface area (Å²) in [5.41, 5.74) is 2.13. The van der Waals surface area contributed by atoms with Gasteiger partial charge in [-0.25, -0.2) is 4.79 Å². The van der Waals surface area contributed by atoms with Gasteiger partial charge < -0.3 is 24.8 Å². The van der Waals surface area contributed by atoms with Crippen LogP contribution < -0.4 is 10.1 Å². The van der Waals surface area contributed by atoms with Gasteiger partial charge in [0.05, 0.1) is 0 Å². The zero-order valence-corrected chi connectivity index (χ0v) is 24.8. The third kappa shape index (κ3) is 7.23. The van der Waals surface area contributed by atoms with E-state index in [2.05, 4.69) is 23.3 Å². The van der Waals surface area contributed by atoms with Crippen molar-refractivity contribution in [3.8, 4) is 5.75 Å². The van der Waals surface area contributed by atoms with Gasteiger partial charge in [-0.05, 0) is 93.4 Å². The number of hydrogen-bond acceptors (Lipinski definition) is 4. The summed E-state index contributed by atoms with van der Waals surface area (Å²) in [7, 11) is 2.15. The van der Waals surface area contributed by atoms with Crippen LogP contribution in [0.3, 0.4) is 0 Å². The van der Waals surface area contributed by atoms with E-state index in [4.69, 9.17) is 27.9 Å². The standard InChI is InChI=1S/C31H40Cl2N4O3/c1-35-14-4-5-26(35)21-40-29-20-25(33)10-11-27(29)23-12-17-36(18-13-23)30(38)28(19-22-6-8-24(32)9-7-22)34-31(39)37-15-2-3-16-37/h6-11,20,23,26,28H,2-5,12-19,21H2,1H3,(H,34,39)/t26?,28-/m1/s1. The van der Waals surface area contributed by atoms with Gasteiger partial charge in [0.25, 0.3) is 0 Å². The molecule has 0 aliphatic carbocycles. The third-order valence-corrected chi connectivity index (χ3v) is 9.15. The van der Waals surface area contributed by atoms with Crippen molar-refractivity contribution in [2.75, 3.05) is 46.4 Å². The Kier molecular flexibility index (Phi) is 9.76. The Balaban J connectivity index is 1.23. The number of hydrogen-bond donors (Lipinski definition) is 1. The lowest BCUT2D eigenvalue weighted by Gasteiger charge is -2.35. The number of nitrogens with one attached hydrogen (secondary N) is 1. The topological polar surface area (TPSA) is 65.1 Å². The van der Waals surface area contributed by atoms with Gasteiger partial charge in [0.2, 0.25) is 5.91 Å². The molecule has 3 aliphatic heterocycles. The molecular weight excluding hydrogens is 547 g/mol. The largest absolute Gasteiger partial charge is 0.492 e. The van der Waals surface area contributed by atoms with E-state index in [1.807, 2.05) is 41.3 Å². The zero-order chi connectivity index (χ0) is 28.1. The predicted octanol–water partition coefficient (Wildman–Crippen LogP) is 5.59. The molecule has 0 saturated carbocycles. The smallest absolute Gasteiger partial charge is 0.318 e. The molecule has 3 heterocycles. The molecule has 1 N–H and O–H groups in total. The van der Waals surface area contributed by atoms with E-state index in [9.17, 15) is 9.59 Å². The predicted molar refractivity (Wildman–Crippen MR) is 159 cm³/mol. The Morgan fingerprint density at radius 3 is 2.27 bits per heavy atom. The van der Waals surface area contributed by atoms with Crippen LogP contribution >= 0.6 is 23.2 Å². The van der Waals surface area contributed by atoms with Crippen LogP contribution in [0.15, 0.2) is 42.5 Å². The SMILES string of the molecule is CN1CCCC1COc1cc(Cl)ccc1C1CCN(C(=O)[C@@H](Cc2ccc(Cl)cc2)NC(=O)N2CCCC2)CC1. The highest BCUT2D eigenvalue weighted by Crippen LogP contribution is 2.36. The fraction of sp³-hybridized carbons (Fsp3) is 0.548. The lowest BCUT2D eigenvalue weighted by Crippen LogP contribution is -2.54. The summed E-state index contributed by atoms with van der Waals surface area (Å²) in [6.45, 7) is 4.51. The molecule has 2 aromatic rings. The lowest BCUT2D eigenvalue weighted by atomic mass is 9.88. The van der Waals surface area contributed by atoms with Gasteiger partial charge in [-0.1, -0.05) is 41.4 Å². The normalized spacial score (nSPS) is 21.0. The number of likely N-dealkylation sites (tertiary alicyclic amines) is 3. The maximum absolute atomic E-state index is 13.8. The molecule has 0 aromatic heterocycles. The molecule has 9 heteroatoms. The molecule has 40 heavy (non-hydrogen) atoms. The average Bonchev–Trinajstić information content (AvgIpc) is 3.65. The van der Waals surface area contributed by atoms with Crippen LogP contribution in [0, 0.1) is 0 Å². The molecular formula is C31H40Cl2N4O3. The minimum Gasteiger partial charge on any atom is -0.492 e. The van der Waals surface area contributed by atoms with Crippen molar-refractivity contribution >= 4 is 35.1 Å². The van der Waals surface area contributed by atoms with Crippen LogP contribution in [0.4, 0.5) is 4.79 Å². The van der Waals surface area contributed by atoms with Crippen LogP contribution in [-0.2, 0) is 11.2 Å². The lowest BCUT2D eigenvalue weighted by molar-refractivity contribution is -0.134. The van der Waals surface area contributed by atoms with Crippen molar-refractivity contribution in [2.24, 2.45) is 0 Å². The van der Waals surface area contributed by atoms with Crippen LogP contribution in [0.1, 0.15) is 55.6 Å². The Hall–Kier alpha value is -2.48. The molecule has 2 atom stereocenters. The molecule has 0 bridgehead atoms. The van der Waals surface area contributed by atoms with Crippen molar-refractivity contribution in [3.63, 3.8) is 0 Å². The highest BCUT2D eigenvalue weighted by molar-refractivity contribution is 6.31. The quantitative estimate of drug-likeness (QED) is 0.438. The zero-order valence-electron chi connectivity index (χ0n) is 23.3. The Morgan fingerprint density at radius 2 is 1.60 bits per heavy atom. The first-order valence-corrected chi connectivity index (χ1v) is 15.3. The summed E-state index contributed by atoms with van der Waals surface area (Å²) < 4.78 is 6.34. The summed E-state index contributed by atoms with van der Waals surface area (Å²) in [4.78, 5) is 32.8. The first kappa shape index (κ1) is 29.0. The molecule has 3 amide bonds. The molecule has 1 unspecified atom stereocenters. The highest BCUT2D eigenvalue weighted by Gasteiger charge is 2.32. The van der Waals surface area contributed by atoms with E-state index in [1.165, 1.54) is 6.42 Å². The molecule has 5 rings (SSSR count). The van der Waals surface area contributed by atoms with Gasteiger partial charge in [-0.15, -0.1) is 0 Å². The number of carbonyl (C=O) groups excluding carboxylic acids is 2. The Morgan fingerprint density at radius 1 is 0.900 bits per heavy atom. The Bertz CT molecular complexity index is 1160. The summed E-state index contributed by atoms with van der Waals surface area (Å²) in [5, 5.41) is 4.37. The van der Waals surface area contributed by atoms with E-state index in [0.29, 0.717) is 42.2 Å². The fourth-order valence-electron chi connectivity index (χ4n) is 6.19. The Labute approximate surface area is 247 Å². The number of halogens is 2. The van der Waals surface area contributed by atoms with Gasteiger partial charge in [0, 0.05) is 48.7 Å². The molecule has 3 aliphatic rings. The van der Waals surface area contributed by atoms with Gasteiger partial charge >= 0.3 is 6.03 Å². The van der Waals surface area contributed by atoms with Crippen molar-refractivity contribution in [3.05, 3.63) is 63.6 Å². The van der Waals surface area contributed by atoms with Crippen molar-refractivity contribution in [2.45, 2.75) is 62.9 Å². The molecule has 0 radical (unpaired) electrons. The maximum atomic E-state index is 13.8. The van der Waals surface area contributed by atoms with Gasteiger partial charge in [0.1, 0.15) is 18.4 Å². The van der Waals surface area contributed by atoms with E-state index >= 15 is 0 Å². The third-order valence-electron chi connectivity index (χ3n) is 8.67. The number of amides is 3. The van der Waals surface area contributed by atoms with Crippen molar-refractivity contribution in [1.29, 1.82) is 0 Å². The molecule has 0 spiro atoms. The second kappa shape index (κ2) is 13.5. The summed E-state index contributed by atoms with van der Waals surface area (Å²) >= 11 is 12.4. The summed E-state index contributed by atoms with van der Waals surface area (Å²) in [5.74, 6) is 1.11. The number of benzene rings is 2. The first-order chi connectivity index (χ1) is 19.4. The summed E-state index contributed by atoms with van der Waals surface area (Å²) in [6, 6.07) is 13.1. The minimum atomic E-state index is -0.622. The van der Waals surface area contributed by atoms with E-state index in [0.717, 1.165) is 68.6 Å². The molecule has 3 saturated heterocycles. The van der Waals surface area contributed by atoms with Crippen LogP contribution in [0.5, 0.6) is 5.75 Å². The highest BCUT2D eigenvalue weighted by atomic mass is 35.5. The van der Waals surface area contributed by atoms with Gasteiger partial charge in [0.15, 0.2) is 0 Å². The number of nitrogens with zero attached hydrogens (tertiary/aromatic N) is 3. The fourth-order valence-corrected chi connectivity index (χ4v) is 6.48. The average molecular weight is 588 g/mol. The van der Waals surface area contributed by atoms with E-state index < -0.39 is 6.04 Å². The number of ether oxygens (including phenoxy) is 1. The van der Waals surface area contributed by atoms with Crippen molar-refractivity contribution < 1.29 is 14.3 Å². The van der Waals surface area contributed by atoms with Gasteiger partial charge in [-0.2, -0.15) is 0 Å². The molecule has 2 aromatic carbocycles. The number of rotatable bonds is 8. The number of likely N-dealkylation sites (N-methyl/N-ethyl adjacent to an activating group) is 1. The number of piperidine rings is 1. The second-order valence-corrected chi connectivity index (χ2v) is 12.3. The summed E-state index contributed by atoms with van der Waals surface area (Å²) in [6.07, 6.45) is 6.46. The van der Waals surface area contributed by atoms with Crippen LogP contribution in [0.25, 0.3) is 0 Å².